The van der Waals surface area contributed by atoms with Crippen LogP contribution in [0.25, 0.3) is 5.57 Å². The number of rotatable bonds is 9. The highest BCUT2D eigenvalue weighted by Gasteiger charge is 2.61. The molecular weight excluding hydrogens is 522 g/mol. The Morgan fingerprint density at radius 3 is 2.54 bits per heavy atom. The molecule has 1 saturated carbocycles. The van der Waals surface area contributed by atoms with Crippen molar-refractivity contribution in [2.24, 2.45) is 11.6 Å². The van der Waals surface area contributed by atoms with Crippen LogP contribution in [0.15, 0.2) is 30.1 Å². The quantitative estimate of drug-likeness (QED) is 0.0962. The van der Waals surface area contributed by atoms with Gasteiger partial charge >= 0.3 is 18.2 Å². The molecule has 4 rings (SSSR count). The second-order valence-corrected chi connectivity index (χ2v) is 10.5. The number of thiophene rings is 1. The van der Waals surface area contributed by atoms with Crippen LogP contribution >= 0.6 is 11.3 Å². The van der Waals surface area contributed by atoms with Crippen molar-refractivity contribution in [3.63, 3.8) is 0 Å². The number of alkyl halides is 6. The lowest BCUT2D eigenvalue weighted by Crippen LogP contribution is -2.83. The van der Waals surface area contributed by atoms with E-state index in [1.165, 1.54) is 22.2 Å². The second-order valence-electron chi connectivity index (χ2n) is 9.34. The number of hydrogen-bond donors (Lipinski definition) is 4. The summed E-state index contributed by atoms with van der Waals surface area (Å²) in [7, 11) is 0. The van der Waals surface area contributed by atoms with Crippen LogP contribution < -0.4 is 22.0 Å². The first-order valence-electron chi connectivity index (χ1n) is 11.8. The average Bonchev–Trinajstić information content (AvgIpc) is 3.34. The monoisotopic (exact) mass is 549 g/mol. The summed E-state index contributed by atoms with van der Waals surface area (Å²) in [6.45, 7) is 0.140. The van der Waals surface area contributed by atoms with Gasteiger partial charge in [-0.05, 0) is 49.3 Å². The SMILES string of the molecule is N[NH+]=C(N)C1=C(c2ccc(C3CC3)s2)CC(c2cnn(CCCCCC(F)(F)F)c2)(C(F)(F)F)NC1=O. The molecule has 1 amide bonds. The first-order valence-corrected chi connectivity index (χ1v) is 12.6. The molecular formula is C23H27F6N6OS+. The molecule has 3 heterocycles. The molecule has 0 spiro atoms. The predicted molar refractivity (Wildman–Crippen MR) is 125 cm³/mol. The van der Waals surface area contributed by atoms with Gasteiger partial charge in [0.1, 0.15) is 5.57 Å². The highest BCUT2D eigenvalue weighted by atomic mass is 32.1. The zero-order valence-electron chi connectivity index (χ0n) is 19.7. The van der Waals surface area contributed by atoms with E-state index in [1.807, 2.05) is 6.07 Å². The Balaban J connectivity index is 1.64. The Hall–Kier alpha value is -3.03. The van der Waals surface area contributed by atoms with Crippen LogP contribution in [-0.2, 0) is 16.9 Å². The second kappa shape index (κ2) is 10.0. The van der Waals surface area contributed by atoms with Crippen molar-refractivity contribution in [1.29, 1.82) is 0 Å². The van der Waals surface area contributed by atoms with E-state index in [0.29, 0.717) is 17.2 Å². The summed E-state index contributed by atoms with van der Waals surface area (Å²) in [6.07, 6.45) is -6.00. The maximum Gasteiger partial charge on any atom is 0.416 e. The van der Waals surface area contributed by atoms with E-state index in [1.54, 1.807) is 6.07 Å². The number of aryl methyl sites for hydroxylation is 1. The molecule has 2 aromatic rings. The van der Waals surface area contributed by atoms with Gasteiger partial charge < -0.3 is 5.32 Å². The largest absolute Gasteiger partial charge is 0.416 e. The van der Waals surface area contributed by atoms with Crippen molar-refractivity contribution in [3.05, 3.63) is 45.4 Å². The summed E-state index contributed by atoms with van der Waals surface area (Å²) in [4.78, 5) is 14.6. The number of amidine groups is 1. The van der Waals surface area contributed by atoms with E-state index < -0.39 is 36.6 Å². The Bertz CT molecular complexity index is 1210. The number of hydrogen-bond acceptors (Lipinski definition) is 4. The van der Waals surface area contributed by atoms with Gasteiger partial charge in [-0.3, -0.25) is 21.1 Å². The van der Waals surface area contributed by atoms with E-state index in [2.05, 4.69) is 15.5 Å². The lowest BCUT2D eigenvalue weighted by Gasteiger charge is -2.39. The number of nitrogens with zero attached hydrogens (tertiary/aromatic N) is 2. The minimum Gasteiger partial charge on any atom is -0.334 e. The number of hydrazine groups is 1. The van der Waals surface area contributed by atoms with E-state index in [4.69, 9.17) is 11.6 Å². The zero-order valence-corrected chi connectivity index (χ0v) is 20.5. The maximum atomic E-state index is 14.7. The fourth-order valence-electron chi connectivity index (χ4n) is 4.45. The molecule has 6 N–H and O–H groups in total. The van der Waals surface area contributed by atoms with Gasteiger partial charge in [0.2, 0.25) is 0 Å². The van der Waals surface area contributed by atoms with Crippen LogP contribution in [0.2, 0.25) is 0 Å². The molecule has 1 fully saturated rings. The third-order valence-electron chi connectivity index (χ3n) is 6.58. The molecule has 2 aromatic heterocycles. The normalized spacial score (nSPS) is 21.5. The first-order chi connectivity index (χ1) is 17.3. The van der Waals surface area contributed by atoms with Crippen LogP contribution in [0.5, 0.6) is 0 Å². The molecule has 0 radical (unpaired) electrons. The van der Waals surface area contributed by atoms with Gasteiger partial charge in [0, 0.05) is 40.9 Å². The summed E-state index contributed by atoms with van der Waals surface area (Å²) < 4.78 is 82.3. The molecule has 1 aliphatic heterocycles. The molecule has 7 nitrogen and oxygen atoms in total. The van der Waals surface area contributed by atoms with Crippen molar-refractivity contribution in [1.82, 2.24) is 15.1 Å². The van der Waals surface area contributed by atoms with Gasteiger partial charge in [0.15, 0.2) is 5.54 Å². The summed E-state index contributed by atoms with van der Waals surface area (Å²) in [5, 5.41) is 8.27. The lowest BCUT2D eigenvalue weighted by atomic mass is 9.79. The molecule has 37 heavy (non-hydrogen) atoms. The number of nitrogens with two attached hydrogens (primary N) is 2. The number of amides is 1. The molecule has 1 aliphatic carbocycles. The van der Waals surface area contributed by atoms with Crippen molar-refractivity contribution >= 4 is 28.7 Å². The number of halogens is 6. The van der Waals surface area contributed by atoms with Crippen LogP contribution in [0, 0.1) is 0 Å². The molecule has 2 aliphatic rings. The number of carbonyl (C=O) groups excluding carboxylic acids is 1. The Kier molecular flexibility index (Phi) is 7.32. The van der Waals surface area contributed by atoms with Gasteiger partial charge in [-0.2, -0.15) is 36.5 Å². The van der Waals surface area contributed by atoms with E-state index in [0.717, 1.165) is 23.9 Å². The fraction of sp³-hybridized carbons (Fsp3) is 0.522. The summed E-state index contributed by atoms with van der Waals surface area (Å²) in [5.74, 6) is 4.50. The van der Waals surface area contributed by atoms with Crippen LogP contribution in [-0.4, -0.2) is 33.9 Å². The molecule has 0 saturated heterocycles. The molecule has 0 aromatic carbocycles. The topological polar surface area (TPSA) is 113 Å². The summed E-state index contributed by atoms with van der Waals surface area (Å²) in [5.41, 5.74) is 2.80. The third-order valence-corrected chi connectivity index (χ3v) is 7.89. The minimum atomic E-state index is -4.90. The molecule has 1 unspecified atom stereocenters. The lowest BCUT2D eigenvalue weighted by molar-refractivity contribution is -0.469. The number of carbonyl (C=O) groups is 1. The number of hydrazone groups is 1. The Labute approximate surface area is 212 Å². The highest BCUT2D eigenvalue weighted by molar-refractivity contribution is 7.13. The van der Waals surface area contributed by atoms with Gasteiger partial charge in [-0.1, -0.05) is 6.42 Å². The molecule has 202 valence electrons. The van der Waals surface area contributed by atoms with Gasteiger partial charge in [-0.15, -0.1) is 11.3 Å². The van der Waals surface area contributed by atoms with Crippen LogP contribution in [0.1, 0.15) is 66.2 Å². The predicted octanol–water partition coefficient (Wildman–Crippen LogP) is 2.99. The molecule has 1 atom stereocenters. The average molecular weight is 550 g/mol. The van der Waals surface area contributed by atoms with E-state index in [9.17, 15) is 31.1 Å². The first kappa shape index (κ1) is 27.0. The van der Waals surface area contributed by atoms with E-state index in [-0.39, 0.29) is 41.9 Å². The summed E-state index contributed by atoms with van der Waals surface area (Å²) >= 11 is 1.33. The number of aromatic nitrogens is 2. The van der Waals surface area contributed by atoms with Gasteiger partial charge in [0.05, 0.1) is 6.20 Å². The fourth-order valence-corrected chi connectivity index (χ4v) is 5.68. The number of unbranched alkanes of at least 4 members (excludes halogenated alkanes) is 2. The molecule has 0 bridgehead atoms. The minimum absolute atomic E-state index is 0.0755. The standard InChI is InChI=1S/C23H26F6N6OS/c24-22(25,26)8-2-1-3-9-35-12-14(11-32-35)21(23(27,28)29)10-15(18(19(30)34-31)20(36)33-21)17-7-6-16(37-17)13-4-5-13/h6-7,11-13H,1-5,8-10,31H2,(H2,30,34)(H,33,36)/p+1. The van der Waals surface area contributed by atoms with Gasteiger partial charge in [0.25, 0.3) is 5.91 Å². The van der Waals surface area contributed by atoms with Crippen molar-refractivity contribution < 1.29 is 36.2 Å². The van der Waals surface area contributed by atoms with Crippen molar-refractivity contribution in [3.8, 4) is 0 Å². The highest BCUT2D eigenvalue weighted by Crippen LogP contribution is 2.50. The zero-order chi connectivity index (χ0) is 27.0. The Morgan fingerprint density at radius 2 is 1.92 bits per heavy atom. The third kappa shape index (κ3) is 5.78. The van der Waals surface area contributed by atoms with Crippen molar-refractivity contribution in [2.75, 3.05) is 0 Å². The van der Waals surface area contributed by atoms with E-state index >= 15 is 0 Å². The van der Waals surface area contributed by atoms with Crippen molar-refractivity contribution in [2.45, 2.75) is 75.3 Å². The smallest absolute Gasteiger partial charge is 0.334 e. The Morgan fingerprint density at radius 1 is 1.19 bits per heavy atom. The van der Waals surface area contributed by atoms with Gasteiger partial charge in [-0.25, -0.2) is 0 Å². The van der Waals surface area contributed by atoms with Crippen LogP contribution in [0.4, 0.5) is 26.3 Å². The van der Waals surface area contributed by atoms with Crippen LogP contribution in [0.3, 0.4) is 0 Å². The maximum absolute atomic E-state index is 14.7. The molecule has 14 heteroatoms. The number of nitrogens with one attached hydrogen (secondary N) is 2. The summed E-state index contributed by atoms with van der Waals surface area (Å²) in [6, 6.07) is 3.55.